The van der Waals surface area contributed by atoms with E-state index in [-0.39, 0.29) is 11.8 Å². The van der Waals surface area contributed by atoms with Crippen LogP contribution in [-0.4, -0.2) is 42.3 Å². The number of nitrogens with zero attached hydrogens (tertiary/aromatic N) is 3. The van der Waals surface area contributed by atoms with E-state index in [9.17, 15) is 4.79 Å². The summed E-state index contributed by atoms with van der Waals surface area (Å²) in [6.07, 6.45) is 0.798. The van der Waals surface area contributed by atoms with E-state index in [1.165, 1.54) is 5.56 Å². The van der Waals surface area contributed by atoms with Crippen molar-refractivity contribution in [3.8, 4) is 0 Å². The summed E-state index contributed by atoms with van der Waals surface area (Å²) in [5, 5.41) is 7.99. The first kappa shape index (κ1) is 16.2. The van der Waals surface area contributed by atoms with Crippen LogP contribution in [0.4, 0.5) is 5.69 Å². The van der Waals surface area contributed by atoms with Gasteiger partial charge in [-0.1, -0.05) is 48.5 Å². The Bertz CT molecular complexity index is 713. The number of amides is 1. The summed E-state index contributed by atoms with van der Waals surface area (Å²) in [7, 11) is 3.76. The fourth-order valence-electron chi connectivity index (χ4n) is 2.87. The quantitative estimate of drug-likeness (QED) is 0.861. The number of carbonyl (C=O) groups excluding carboxylic acids is 1. The van der Waals surface area contributed by atoms with E-state index in [1.807, 2.05) is 67.6 Å². The third kappa shape index (κ3) is 3.63. The molecule has 0 bridgehead atoms. The first-order valence-corrected chi connectivity index (χ1v) is 8.07. The highest BCUT2D eigenvalue weighted by molar-refractivity contribution is 6.41. The maximum Gasteiger partial charge on any atom is 0.284 e. The average molecular weight is 322 g/mol. The molecule has 3 rings (SSSR count). The Labute approximate surface area is 142 Å². The second-order valence-corrected chi connectivity index (χ2v) is 6.10. The van der Waals surface area contributed by atoms with Gasteiger partial charge in [-0.3, -0.25) is 15.2 Å². The number of hydrogen-bond donors (Lipinski definition) is 1. The molecule has 0 aromatic heterocycles. The number of carbonyl (C=O) groups is 1. The Morgan fingerprint density at radius 1 is 1.08 bits per heavy atom. The molecule has 24 heavy (non-hydrogen) atoms. The normalized spacial score (nSPS) is 19.3. The van der Waals surface area contributed by atoms with Crippen LogP contribution in [0.3, 0.4) is 0 Å². The largest absolute Gasteiger partial charge is 0.284 e. The van der Waals surface area contributed by atoms with E-state index in [1.54, 1.807) is 5.01 Å². The van der Waals surface area contributed by atoms with Gasteiger partial charge >= 0.3 is 0 Å². The summed E-state index contributed by atoms with van der Waals surface area (Å²) in [5.41, 5.74) is 5.68. The molecule has 1 fully saturated rings. The molecule has 0 saturated carbocycles. The second-order valence-electron chi connectivity index (χ2n) is 6.10. The minimum Gasteiger partial charge on any atom is -0.278 e. The molecular weight excluding hydrogens is 300 g/mol. The fourth-order valence-corrected chi connectivity index (χ4v) is 2.87. The van der Waals surface area contributed by atoms with Crippen molar-refractivity contribution in [1.82, 2.24) is 10.0 Å². The first-order valence-electron chi connectivity index (χ1n) is 8.07. The van der Waals surface area contributed by atoms with Gasteiger partial charge in [0, 0.05) is 26.6 Å². The van der Waals surface area contributed by atoms with Crippen molar-refractivity contribution in [1.29, 1.82) is 0 Å². The Kier molecular flexibility index (Phi) is 4.91. The van der Waals surface area contributed by atoms with Crippen molar-refractivity contribution in [2.24, 2.45) is 11.0 Å². The molecule has 0 aliphatic carbocycles. The number of anilines is 1. The number of hydrazone groups is 1. The number of benzene rings is 2. The highest BCUT2D eigenvalue weighted by Crippen LogP contribution is 2.21. The Balaban J connectivity index is 1.82. The molecule has 1 aliphatic rings. The minimum absolute atomic E-state index is 0.0376. The van der Waals surface area contributed by atoms with Crippen LogP contribution >= 0.6 is 0 Å². The highest BCUT2D eigenvalue weighted by atomic mass is 16.2. The van der Waals surface area contributed by atoms with Gasteiger partial charge in [0.05, 0.1) is 5.69 Å². The standard InChI is InChI=1S/C19H22N4O/c1-22(2)23-14-16(13-15-9-5-3-6-10-15)18(19(23)24)21-20-17-11-7-4-8-12-17/h3-12,16,20H,13-14H2,1-2H3/t16-/m1/s1. The lowest BCUT2D eigenvalue weighted by Gasteiger charge is -2.23. The molecule has 1 aliphatic heterocycles. The van der Waals surface area contributed by atoms with Crippen molar-refractivity contribution in [2.75, 3.05) is 26.1 Å². The van der Waals surface area contributed by atoms with Gasteiger partial charge in [0.1, 0.15) is 5.71 Å². The van der Waals surface area contributed by atoms with Crippen LogP contribution in [0.1, 0.15) is 5.56 Å². The second kappa shape index (κ2) is 7.27. The van der Waals surface area contributed by atoms with Gasteiger partial charge in [0.2, 0.25) is 0 Å². The van der Waals surface area contributed by atoms with E-state index in [0.717, 1.165) is 12.1 Å². The number of para-hydroxylation sites is 1. The Morgan fingerprint density at radius 2 is 1.71 bits per heavy atom. The molecule has 0 radical (unpaired) electrons. The molecule has 1 N–H and O–H groups in total. The SMILES string of the molecule is CN(C)N1C[C@@H](Cc2ccccc2)C(=NNc2ccccc2)C1=O. The minimum atomic E-state index is -0.0376. The molecule has 2 aromatic rings. The molecule has 0 spiro atoms. The number of hydrazine groups is 1. The topological polar surface area (TPSA) is 47.9 Å². The highest BCUT2D eigenvalue weighted by Gasteiger charge is 2.38. The van der Waals surface area contributed by atoms with E-state index in [0.29, 0.717) is 12.3 Å². The van der Waals surface area contributed by atoms with Crippen LogP contribution in [-0.2, 0) is 11.2 Å². The smallest absolute Gasteiger partial charge is 0.278 e. The number of rotatable bonds is 5. The third-order valence-corrected chi connectivity index (χ3v) is 4.12. The monoisotopic (exact) mass is 322 g/mol. The van der Waals surface area contributed by atoms with Crippen LogP contribution in [0.15, 0.2) is 65.8 Å². The van der Waals surface area contributed by atoms with E-state index in [2.05, 4.69) is 22.7 Å². The first-order chi connectivity index (χ1) is 11.6. The van der Waals surface area contributed by atoms with Gasteiger partial charge in [-0.15, -0.1) is 0 Å². The van der Waals surface area contributed by atoms with Crippen molar-refractivity contribution in [3.05, 3.63) is 66.2 Å². The fraction of sp³-hybridized carbons (Fsp3) is 0.263. The lowest BCUT2D eigenvalue weighted by Crippen LogP contribution is -2.39. The van der Waals surface area contributed by atoms with E-state index in [4.69, 9.17) is 0 Å². The molecule has 1 saturated heterocycles. The van der Waals surface area contributed by atoms with Gasteiger partial charge in [-0.05, 0) is 24.1 Å². The van der Waals surface area contributed by atoms with Crippen LogP contribution < -0.4 is 5.43 Å². The molecule has 2 aromatic carbocycles. The maximum atomic E-state index is 12.7. The summed E-state index contributed by atoms with van der Waals surface area (Å²) >= 11 is 0. The lowest BCUT2D eigenvalue weighted by atomic mass is 9.97. The molecule has 0 unspecified atom stereocenters. The summed E-state index contributed by atoms with van der Waals surface area (Å²) < 4.78 is 0. The van der Waals surface area contributed by atoms with Crippen LogP contribution in [0, 0.1) is 5.92 Å². The molecule has 124 valence electrons. The van der Waals surface area contributed by atoms with Gasteiger partial charge in [0.15, 0.2) is 0 Å². The average Bonchev–Trinajstić information content (AvgIpc) is 2.91. The number of nitrogens with one attached hydrogen (secondary N) is 1. The molecular formula is C19H22N4O. The molecule has 5 nitrogen and oxygen atoms in total. The Hall–Kier alpha value is -2.66. The number of hydrogen-bond acceptors (Lipinski definition) is 4. The molecule has 5 heteroatoms. The van der Waals surface area contributed by atoms with E-state index < -0.39 is 0 Å². The van der Waals surface area contributed by atoms with E-state index >= 15 is 0 Å². The zero-order chi connectivity index (χ0) is 16.9. The third-order valence-electron chi connectivity index (χ3n) is 4.12. The molecule has 1 amide bonds. The summed E-state index contributed by atoms with van der Waals surface area (Å²) in [5.74, 6) is 0.0304. The summed E-state index contributed by atoms with van der Waals surface area (Å²) in [6, 6.07) is 19.9. The van der Waals surface area contributed by atoms with Gasteiger partial charge < -0.3 is 0 Å². The predicted molar refractivity (Wildman–Crippen MR) is 96.5 cm³/mol. The predicted octanol–water partition coefficient (Wildman–Crippen LogP) is 2.63. The Morgan fingerprint density at radius 3 is 2.33 bits per heavy atom. The lowest BCUT2D eigenvalue weighted by molar-refractivity contribution is -0.134. The van der Waals surface area contributed by atoms with Gasteiger partial charge in [-0.2, -0.15) is 5.10 Å². The van der Waals surface area contributed by atoms with Gasteiger partial charge in [-0.25, -0.2) is 5.01 Å². The van der Waals surface area contributed by atoms with Crippen molar-refractivity contribution < 1.29 is 4.79 Å². The molecule has 1 atom stereocenters. The molecule has 1 heterocycles. The van der Waals surface area contributed by atoms with Crippen LogP contribution in [0.2, 0.25) is 0 Å². The van der Waals surface area contributed by atoms with Crippen LogP contribution in [0.25, 0.3) is 0 Å². The zero-order valence-corrected chi connectivity index (χ0v) is 14.0. The van der Waals surface area contributed by atoms with Crippen molar-refractivity contribution >= 4 is 17.3 Å². The van der Waals surface area contributed by atoms with Crippen molar-refractivity contribution in [3.63, 3.8) is 0 Å². The maximum absolute atomic E-state index is 12.7. The summed E-state index contributed by atoms with van der Waals surface area (Å²) in [4.78, 5) is 12.7. The van der Waals surface area contributed by atoms with Crippen molar-refractivity contribution in [2.45, 2.75) is 6.42 Å². The van der Waals surface area contributed by atoms with Gasteiger partial charge in [0.25, 0.3) is 5.91 Å². The zero-order valence-electron chi connectivity index (χ0n) is 14.0. The summed E-state index contributed by atoms with van der Waals surface area (Å²) in [6.45, 7) is 0.649. The van der Waals surface area contributed by atoms with Crippen LogP contribution in [0.5, 0.6) is 0 Å².